The van der Waals surface area contributed by atoms with Gasteiger partial charge in [-0.15, -0.1) is 0 Å². The molecule has 0 atom stereocenters. The molecule has 2 aromatic heterocycles. The molecule has 0 aliphatic carbocycles. The summed E-state index contributed by atoms with van der Waals surface area (Å²) in [6, 6.07) is 5.04. The second kappa shape index (κ2) is 5.42. The molecule has 2 aromatic rings. The first kappa shape index (κ1) is 12.3. The van der Waals surface area contributed by atoms with Gasteiger partial charge in [-0.1, -0.05) is 6.07 Å². The standard InChI is InChI=1S/C12H14N4O2/c13-4-7-16-11(17)3-6-15(12(16)18)9-10-2-1-5-14-8-10/h1-3,5-6,8H,4,7,9,13H2. The highest BCUT2D eigenvalue weighted by Gasteiger charge is 2.04. The van der Waals surface area contributed by atoms with E-state index in [4.69, 9.17) is 5.73 Å². The Bertz CT molecular complexity index is 631. The van der Waals surface area contributed by atoms with E-state index in [0.717, 1.165) is 10.1 Å². The second-order valence-corrected chi connectivity index (χ2v) is 3.87. The van der Waals surface area contributed by atoms with Gasteiger partial charge in [-0.05, 0) is 11.6 Å². The molecule has 0 unspecified atom stereocenters. The lowest BCUT2D eigenvalue weighted by Gasteiger charge is -2.08. The van der Waals surface area contributed by atoms with Crippen molar-refractivity contribution in [2.75, 3.05) is 6.54 Å². The van der Waals surface area contributed by atoms with Crippen molar-refractivity contribution >= 4 is 0 Å². The maximum Gasteiger partial charge on any atom is 0.331 e. The third kappa shape index (κ3) is 2.54. The summed E-state index contributed by atoms with van der Waals surface area (Å²) >= 11 is 0. The predicted octanol–water partition coefficient (Wildman–Crippen LogP) is -0.588. The van der Waals surface area contributed by atoms with Crippen molar-refractivity contribution in [3.8, 4) is 0 Å². The summed E-state index contributed by atoms with van der Waals surface area (Å²) in [5.41, 5.74) is 5.61. The fourth-order valence-corrected chi connectivity index (χ4v) is 1.70. The molecule has 0 aliphatic rings. The third-order valence-electron chi connectivity index (χ3n) is 2.57. The van der Waals surface area contributed by atoms with Gasteiger partial charge in [0.05, 0.1) is 6.54 Å². The smallest absolute Gasteiger partial charge is 0.329 e. The van der Waals surface area contributed by atoms with Crippen LogP contribution in [0.4, 0.5) is 0 Å². The van der Waals surface area contributed by atoms with Crippen molar-refractivity contribution in [2.45, 2.75) is 13.1 Å². The van der Waals surface area contributed by atoms with Crippen molar-refractivity contribution in [2.24, 2.45) is 5.73 Å². The van der Waals surface area contributed by atoms with Crippen LogP contribution in [0.25, 0.3) is 0 Å². The van der Waals surface area contributed by atoms with Gasteiger partial charge in [0.15, 0.2) is 0 Å². The Morgan fingerprint density at radius 3 is 2.78 bits per heavy atom. The largest absolute Gasteiger partial charge is 0.331 e. The normalized spacial score (nSPS) is 10.5. The van der Waals surface area contributed by atoms with Gasteiger partial charge in [-0.2, -0.15) is 0 Å². The molecule has 0 radical (unpaired) electrons. The molecule has 94 valence electrons. The minimum Gasteiger partial charge on any atom is -0.329 e. The summed E-state index contributed by atoms with van der Waals surface area (Å²) in [4.78, 5) is 27.5. The van der Waals surface area contributed by atoms with E-state index in [1.54, 1.807) is 18.5 Å². The summed E-state index contributed by atoms with van der Waals surface area (Å²) < 4.78 is 2.60. The molecule has 2 rings (SSSR count). The number of pyridine rings is 1. The molecular formula is C12H14N4O2. The topological polar surface area (TPSA) is 82.9 Å². The predicted molar refractivity (Wildman–Crippen MR) is 67.4 cm³/mol. The number of aromatic nitrogens is 3. The van der Waals surface area contributed by atoms with E-state index in [1.807, 2.05) is 6.07 Å². The highest BCUT2D eigenvalue weighted by molar-refractivity contribution is 5.09. The van der Waals surface area contributed by atoms with E-state index in [2.05, 4.69) is 4.98 Å². The molecular weight excluding hydrogens is 232 g/mol. The van der Waals surface area contributed by atoms with Crippen LogP contribution in [0.3, 0.4) is 0 Å². The third-order valence-corrected chi connectivity index (χ3v) is 2.57. The maximum absolute atomic E-state index is 12.0. The summed E-state index contributed by atoms with van der Waals surface area (Å²) in [6.45, 7) is 0.870. The van der Waals surface area contributed by atoms with Crippen LogP contribution >= 0.6 is 0 Å². The Labute approximate surface area is 103 Å². The van der Waals surface area contributed by atoms with Gasteiger partial charge in [0.2, 0.25) is 0 Å². The van der Waals surface area contributed by atoms with Crippen LogP contribution in [0.15, 0.2) is 46.4 Å². The first-order valence-electron chi connectivity index (χ1n) is 5.61. The lowest BCUT2D eigenvalue weighted by Crippen LogP contribution is -2.40. The van der Waals surface area contributed by atoms with Gasteiger partial charge in [0.25, 0.3) is 5.56 Å². The van der Waals surface area contributed by atoms with Crippen LogP contribution < -0.4 is 17.0 Å². The quantitative estimate of drug-likeness (QED) is 0.781. The molecule has 18 heavy (non-hydrogen) atoms. The molecule has 0 spiro atoms. The zero-order valence-corrected chi connectivity index (χ0v) is 9.82. The van der Waals surface area contributed by atoms with E-state index in [1.165, 1.54) is 16.8 Å². The second-order valence-electron chi connectivity index (χ2n) is 3.87. The van der Waals surface area contributed by atoms with Gasteiger partial charge in [-0.3, -0.25) is 18.9 Å². The summed E-state index contributed by atoms with van der Waals surface area (Å²) in [6.07, 6.45) is 4.84. The van der Waals surface area contributed by atoms with Gasteiger partial charge < -0.3 is 5.73 Å². The van der Waals surface area contributed by atoms with Crippen LogP contribution in [0, 0.1) is 0 Å². The van der Waals surface area contributed by atoms with Crippen molar-refractivity contribution in [3.05, 3.63) is 63.2 Å². The van der Waals surface area contributed by atoms with E-state index >= 15 is 0 Å². The van der Waals surface area contributed by atoms with Crippen LogP contribution in [0.5, 0.6) is 0 Å². The zero-order chi connectivity index (χ0) is 13.0. The van der Waals surface area contributed by atoms with E-state index < -0.39 is 0 Å². The molecule has 0 aliphatic heterocycles. The lowest BCUT2D eigenvalue weighted by atomic mass is 10.3. The van der Waals surface area contributed by atoms with Crippen molar-refractivity contribution in [1.82, 2.24) is 14.1 Å². The minimum absolute atomic E-state index is 0.228. The van der Waals surface area contributed by atoms with Crippen LogP contribution in [0.2, 0.25) is 0 Å². The van der Waals surface area contributed by atoms with Crippen molar-refractivity contribution < 1.29 is 0 Å². The number of nitrogens with zero attached hydrogens (tertiary/aromatic N) is 3. The SMILES string of the molecule is NCCn1c(=O)ccn(Cc2cccnc2)c1=O. The number of hydrogen-bond acceptors (Lipinski definition) is 4. The summed E-state index contributed by atoms with van der Waals surface area (Å²) in [7, 11) is 0. The molecule has 0 fully saturated rings. The van der Waals surface area contributed by atoms with Gasteiger partial charge in [-0.25, -0.2) is 4.79 Å². The number of rotatable bonds is 4. The number of hydrogen-bond donors (Lipinski definition) is 1. The molecule has 0 saturated heterocycles. The fourth-order valence-electron chi connectivity index (χ4n) is 1.70. The van der Waals surface area contributed by atoms with E-state index in [-0.39, 0.29) is 24.3 Å². The summed E-state index contributed by atoms with van der Waals surface area (Å²) in [5.74, 6) is 0. The number of nitrogens with two attached hydrogens (primary N) is 1. The first-order valence-corrected chi connectivity index (χ1v) is 5.61. The molecule has 0 bridgehead atoms. The lowest BCUT2D eigenvalue weighted by molar-refractivity contribution is 0.579. The summed E-state index contributed by atoms with van der Waals surface area (Å²) in [5, 5.41) is 0. The highest BCUT2D eigenvalue weighted by atomic mass is 16.2. The molecule has 2 heterocycles. The maximum atomic E-state index is 12.0. The Hall–Kier alpha value is -2.21. The molecule has 6 nitrogen and oxygen atoms in total. The van der Waals surface area contributed by atoms with Crippen molar-refractivity contribution in [1.29, 1.82) is 0 Å². The van der Waals surface area contributed by atoms with Crippen molar-refractivity contribution in [3.63, 3.8) is 0 Å². The minimum atomic E-state index is -0.350. The average molecular weight is 246 g/mol. The Morgan fingerprint density at radius 1 is 1.28 bits per heavy atom. The Kier molecular flexibility index (Phi) is 3.69. The van der Waals surface area contributed by atoms with Crippen LogP contribution in [0.1, 0.15) is 5.56 Å². The Balaban J connectivity index is 2.38. The molecule has 0 amide bonds. The monoisotopic (exact) mass is 246 g/mol. The van der Waals surface area contributed by atoms with Gasteiger partial charge in [0, 0.05) is 37.7 Å². The molecule has 0 saturated carbocycles. The fraction of sp³-hybridized carbons (Fsp3) is 0.250. The zero-order valence-electron chi connectivity index (χ0n) is 9.82. The highest BCUT2D eigenvalue weighted by Crippen LogP contribution is 1.97. The van der Waals surface area contributed by atoms with Gasteiger partial charge in [0.1, 0.15) is 0 Å². The molecule has 6 heteroatoms. The molecule has 2 N–H and O–H groups in total. The Morgan fingerprint density at radius 2 is 2.11 bits per heavy atom. The van der Waals surface area contributed by atoms with Crippen LogP contribution in [-0.2, 0) is 13.1 Å². The molecule has 0 aromatic carbocycles. The van der Waals surface area contributed by atoms with Crippen LogP contribution in [-0.4, -0.2) is 20.7 Å². The van der Waals surface area contributed by atoms with E-state index in [9.17, 15) is 9.59 Å². The van der Waals surface area contributed by atoms with E-state index in [0.29, 0.717) is 6.54 Å². The first-order chi connectivity index (χ1) is 8.72. The average Bonchev–Trinajstić information content (AvgIpc) is 2.39. The van der Waals surface area contributed by atoms with Gasteiger partial charge >= 0.3 is 5.69 Å².